The molecule has 3 heteroatoms. The molecule has 0 saturated carbocycles. The Morgan fingerprint density at radius 1 is 1.64 bits per heavy atom. The summed E-state index contributed by atoms with van der Waals surface area (Å²) in [7, 11) is 0. The van der Waals surface area contributed by atoms with E-state index in [-0.39, 0.29) is 24.3 Å². The molecular weight excluding hydrogens is 180 g/mol. The lowest BCUT2D eigenvalue weighted by Gasteiger charge is -2.26. The fourth-order valence-corrected chi connectivity index (χ4v) is 1.43. The molecule has 0 aromatic heterocycles. The van der Waals surface area contributed by atoms with Gasteiger partial charge in [-0.1, -0.05) is 6.08 Å². The van der Waals surface area contributed by atoms with E-state index in [1.807, 2.05) is 26.0 Å². The second-order valence-electron chi connectivity index (χ2n) is 3.88. The maximum Gasteiger partial charge on any atom is 0.177 e. The molecule has 1 aliphatic rings. The van der Waals surface area contributed by atoms with Crippen molar-refractivity contribution in [1.29, 1.82) is 0 Å². The first kappa shape index (κ1) is 11.4. The van der Waals surface area contributed by atoms with E-state index < -0.39 is 0 Å². The molecular formula is C11H18O3. The molecule has 80 valence electrons. The van der Waals surface area contributed by atoms with Crippen LogP contribution in [0.4, 0.5) is 0 Å². The van der Waals surface area contributed by atoms with Crippen LogP contribution < -0.4 is 0 Å². The average Bonchev–Trinajstić information content (AvgIpc) is 2.01. The first-order valence-electron chi connectivity index (χ1n) is 5.05. The van der Waals surface area contributed by atoms with Gasteiger partial charge in [0.05, 0.1) is 12.2 Å². The Bertz CT molecular complexity index is 221. The van der Waals surface area contributed by atoms with Crippen LogP contribution in [0.15, 0.2) is 12.2 Å². The number of carbonyl (C=O) groups excluding carboxylic acids is 1. The summed E-state index contributed by atoms with van der Waals surface area (Å²) in [5, 5.41) is 0. The highest BCUT2D eigenvalue weighted by atomic mass is 16.7. The van der Waals surface area contributed by atoms with Gasteiger partial charge in [-0.3, -0.25) is 4.79 Å². The van der Waals surface area contributed by atoms with Crippen LogP contribution in [0.3, 0.4) is 0 Å². The summed E-state index contributed by atoms with van der Waals surface area (Å²) >= 11 is 0. The van der Waals surface area contributed by atoms with Crippen LogP contribution in [0.1, 0.15) is 33.6 Å². The van der Waals surface area contributed by atoms with Gasteiger partial charge in [-0.15, -0.1) is 0 Å². The van der Waals surface area contributed by atoms with E-state index in [1.54, 1.807) is 6.92 Å². The third-order valence-corrected chi connectivity index (χ3v) is 1.94. The molecule has 1 heterocycles. The lowest BCUT2D eigenvalue weighted by atomic mass is 10.1. The number of Topliss-reactive ketones (excluding diaryl/α,β-unsaturated/α-hetero) is 1. The molecule has 3 nitrogen and oxygen atoms in total. The summed E-state index contributed by atoms with van der Waals surface area (Å²) in [6.07, 6.45) is 5.04. The summed E-state index contributed by atoms with van der Waals surface area (Å²) in [4.78, 5) is 10.9. The van der Waals surface area contributed by atoms with Crippen LogP contribution in [0.25, 0.3) is 0 Å². The van der Waals surface area contributed by atoms with Crippen molar-refractivity contribution in [3.05, 3.63) is 12.2 Å². The number of ether oxygens (including phenoxy) is 2. The maximum atomic E-state index is 10.9. The molecule has 0 N–H and O–H groups in total. The van der Waals surface area contributed by atoms with E-state index in [1.165, 1.54) is 0 Å². The van der Waals surface area contributed by atoms with E-state index >= 15 is 0 Å². The SMILES string of the molecule is CC(=O)C[C@@H]1CC=C[C@@H](OC(C)C)O1. The first-order chi connectivity index (χ1) is 6.58. The van der Waals surface area contributed by atoms with Gasteiger partial charge in [0.2, 0.25) is 0 Å². The first-order valence-corrected chi connectivity index (χ1v) is 5.05. The van der Waals surface area contributed by atoms with E-state index in [0.29, 0.717) is 6.42 Å². The molecule has 0 radical (unpaired) electrons. The van der Waals surface area contributed by atoms with Gasteiger partial charge in [0.1, 0.15) is 5.78 Å². The Balaban J connectivity index is 2.39. The molecule has 0 spiro atoms. The predicted molar refractivity (Wildman–Crippen MR) is 53.9 cm³/mol. The number of rotatable bonds is 4. The molecule has 0 amide bonds. The summed E-state index contributed by atoms with van der Waals surface area (Å²) in [6.45, 7) is 5.51. The molecule has 0 bridgehead atoms. The largest absolute Gasteiger partial charge is 0.346 e. The van der Waals surface area contributed by atoms with Crippen LogP contribution in [0, 0.1) is 0 Å². The second-order valence-corrected chi connectivity index (χ2v) is 3.88. The lowest BCUT2D eigenvalue weighted by Crippen LogP contribution is -2.29. The quantitative estimate of drug-likeness (QED) is 0.649. The van der Waals surface area contributed by atoms with Gasteiger partial charge in [-0.05, 0) is 33.3 Å². The van der Waals surface area contributed by atoms with Gasteiger partial charge in [0.15, 0.2) is 6.29 Å². The number of ketones is 1. The third kappa shape index (κ3) is 4.03. The Kier molecular flexibility index (Phi) is 4.29. The van der Waals surface area contributed by atoms with Crippen LogP contribution in [0.5, 0.6) is 0 Å². The van der Waals surface area contributed by atoms with Crippen molar-refractivity contribution in [1.82, 2.24) is 0 Å². The molecule has 0 unspecified atom stereocenters. The molecule has 0 aromatic carbocycles. The van der Waals surface area contributed by atoms with Crippen LogP contribution in [-0.4, -0.2) is 24.3 Å². The van der Waals surface area contributed by atoms with Gasteiger partial charge in [-0.2, -0.15) is 0 Å². The number of carbonyl (C=O) groups is 1. The minimum absolute atomic E-state index is 0.0127. The molecule has 0 aliphatic carbocycles. The third-order valence-electron chi connectivity index (χ3n) is 1.94. The molecule has 0 aromatic rings. The van der Waals surface area contributed by atoms with Crippen molar-refractivity contribution in [2.45, 2.75) is 52.1 Å². The molecule has 1 aliphatic heterocycles. The van der Waals surface area contributed by atoms with Crippen molar-refractivity contribution in [2.24, 2.45) is 0 Å². The van der Waals surface area contributed by atoms with Gasteiger partial charge in [0.25, 0.3) is 0 Å². The smallest absolute Gasteiger partial charge is 0.177 e. The molecule has 1 rings (SSSR count). The minimum atomic E-state index is -0.284. The lowest BCUT2D eigenvalue weighted by molar-refractivity contribution is -0.168. The van der Waals surface area contributed by atoms with E-state index in [9.17, 15) is 4.79 Å². The fraction of sp³-hybridized carbons (Fsp3) is 0.727. The van der Waals surface area contributed by atoms with Crippen molar-refractivity contribution >= 4 is 5.78 Å². The van der Waals surface area contributed by atoms with Crippen molar-refractivity contribution in [3.8, 4) is 0 Å². The van der Waals surface area contributed by atoms with Gasteiger partial charge >= 0.3 is 0 Å². The minimum Gasteiger partial charge on any atom is -0.346 e. The van der Waals surface area contributed by atoms with Crippen molar-refractivity contribution in [2.75, 3.05) is 0 Å². The van der Waals surface area contributed by atoms with E-state index in [0.717, 1.165) is 6.42 Å². The van der Waals surface area contributed by atoms with Gasteiger partial charge < -0.3 is 9.47 Å². The van der Waals surface area contributed by atoms with Crippen molar-refractivity contribution in [3.63, 3.8) is 0 Å². The van der Waals surface area contributed by atoms with Crippen LogP contribution in [0.2, 0.25) is 0 Å². The van der Waals surface area contributed by atoms with Crippen LogP contribution in [-0.2, 0) is 14.3 Å². The summed E-state index contributed by atoms with van der Waals surface area (Å²) in [5.41, 5.74) is 0. The highest BCUT2D eigenvalue weighted by Gasteiger charge is 2.20. The Hall–Kier alpha value is -0.670. The summed E-state index contributed by atoms with van der Waals surface area (Å²) in [6, 6.07) is 0. The summed E-state index contributed by atoms with van der Waals surface area (Å²) < 4.78 is 11.1. The second kappa shape index (κ2) is 5.27. The number of hydrogen-bond acceptors (Lipinski definition) is 3. The normalized spacial score (nSPS) is 26.9. The maximum absolute atomic E-state index is 10.9. The molecule has 0 fully saturated rings. The molecule has 0 saturated heterocycles. The predicted octanol–water partition coefficient (Wildman–Crippen LogP) is 2.06. The van der Waals surface area contributed by atoms with E-state index in [2.05, 4.69) is 0 Å². The fourth-order valence-electron chi connectivity index (χ4n) is 1.43. The number of hydrogen-bond donors (Lipinski definition) is 0. The van der Waals surface area contributed by atoms with E-state index in [4.69, 9.17) is 9.47 Å². The standard InChI is InChI=1S/C11H18O3/c1-8(2)13-11-6-4-5-10(14-11)7-9(3)12/h4,6,8,10-11H,5,7H2,1-3H3/t10-,11-/m0/s1. The van der Waals surface area contributed by atoms with Gasteiger partial charge in [-0.25, -0.2) is 0 Å². The average molecular weight is 198 g/mol. The Labute approximate surface area is 85.1 Å². The topological polar surface area (TPSA) is 35.5 Å². The van der Waals surface area contributed by atoms with Crippen molar-refractivity contribution < 1.29 is 14.3 Å². The highest BCUT2D eigenvalue weighted by molar-refractivity contribution is 5.76. The van der Waals surface area contributed by atoms with Gasteiger partial charge in [0, 0.05) is 6.42 Å². The Morgan fingerprint density at radius 2 is 2.36 bits per heavy atom. The summed E-state index contributed by atoms with van der Waals surface area (Å²) in [5.74, 6) is 0.161. The van der Waals surface area contributed by atoms with Crippen LogP contribution >= 0.6 is 0 Å². The molecule has 2 atom stereocenters. The zero-order chi connectivity index (χ0) is 10.6. The molecule has 14 heavy (non-hydrogen) atoms. The monoisotopic (exact) mass is 198 g/mol. The highest BCUT2D eigenvalue weighted by Crippen LogP contribution is 2.17. The zero-order valence-corrected chi connectivity index (χ0v) is 9.03. The Morgan fingerprint density at radius 3 is 2.93 bits per heavy atom. The zero-order valence-electron chi connectivity index (χ0n) is 9.03.